The van der Waals surface area contributed by atoms with Gasteiger partial charge in [-0.15, -0.1) is 0 Å². The lowest BCUT2D eigenvalue weighted by molar-refractivity contribution is -0.142. The number of carbonyl (C=O) groups excluding carboxylic acids is 1. The highest BCUT2D eigenvalue weighted by Crippen LogP contribution is 2.12. The molecule has 0 saturated heterocycles. The van der Waals surface area contributed by atoms with Crippen molar-refractivity contribution < 1.29 is 14.6 Å². The zero-order chi connectivity index (χ0) is 13.9. The molecule has 1 N–H and O–H groups in total. The van der Waals surface area contributed by atoms with E-state index in [9.17, 15) is 9.90 Å². The van der Waals surface area contributed by atoms with E-state index in [2.05, 4.69) is 0 Å². The van der Waals surface area contributed by atoms with Crippen LogP contribution >= 0.6 is 0 Å². The first-order valence-corrected chi connectivity index (χ1v) is 7.42. The minimum absolute atomic E-state index is 0.0142. The predicted octanol–water partition coefficient (Wildman–Crippen LogP) is 3.53. The second-order valence-corrected chi connectivity index (χ2v) is 5.26. The Morgan fingerprint density at radius 3 is 2.42 bits per heavy atom. The van der Waals surface area contributed by atoms with Crippen LogP contribution in [0.3, 0.4) is 0 Å². The van der Waals surface area contributed by atoms with E-state index in [-0.39, 0.29) is 12.1 Å². The third-order valence-electron chi connectivity index (χ3n) is 3.35. The second kappa shape index (κ2) is 9.79. The summed E-state index contributed by atoms with van der Waals surface area (Å²) in [5, 5.41) is 9.69. The number of rotatable bonds is 0. The van der Waals surface area contributed by atoms with Crippen molar-refractivity contribution in [3.63, 3.8) is 0 Å². The van der Waals surface area contributed by atoms with Crippen molar-refractivity contribution in [1.82, 2.24) is 0 Å². The second-order valence-electron chi connectivity index (χ2n) is 5.26. The first-order valence-electron chi connectivity index (χ1n) is 7.42. The minimum atomic E-state index is -0.410. The highest BCUT2D eigenvalue weighted by Gasteiger charge is 2.06. The van der Waals surface area contributed by atoms with Crippen LogP contribution in [-0.2, 0) is 9.53 Å². The highest BCUT2D eigenvalue weighted by molar-refractivity contribution is 5.82. The van der Waals surface area contributed by atoms with Gasteiger partial charge in [-0.1, -0.05) is 50.3 Å². The predicted molar refractivity (Wildman–Crippen MR) is 76.8 cm³/mol. The van der Waals surface area contributed by atoms with Crippen molar-refractivity contribution in [2.24, 2.45) is 0 Å². The van der Waals surface area contributed by atoms with Crippen molar-refractivity contribution in [2.75, 3.05) is 0 Å². The largest absolute Gasteiger partial charge is 0.460 e. The van der Waals surface area contributed by atoms with Gasteiger partial charge in [-0.25, -0.2) is 4.79 Å². The molecule has 0 radical (unpaired) electrons. The molecule has 108 valence electrons. The molecule has 1 aliphatic rings. The van der Waals surface area contributed by atoms with E-state index >= 15 is 0 Å². The molecule has 0 aliphatic carbocycles. The maximum absolute atomic E-state index is 11.5. The van der Waals surface area contributed by atoms with Gasteiger partial charge in [-0.05, 0) is 26.2 Å². The van der Waals surface area contributed by atoms with Gasteiger partial charge in [0.05, 0.1) is 12.2 Å². The van der Waals surface area contributed by atoms with E-state index in [1.165, 1.54) is 31.8 Å². The fourth-order valence-corrected chi connectivity index (χ4v) is 2.21. The number of hydrogen-bond donors (Lipinski definition) is 1. The Bertz CT molecular complexity index is 307. The molecule has 0 aromatic rings. The number of aliphatic hydroxyl groups excluding tert-OH is 1. The van der Waals surface area contributed by atoms with Crippen molar-refractivity contribution in [1.29, 1.82) is 0 Å². The van der Waals surface area contributed by atoms with Gasteiger partial charge in [-0.3, -0.25) is 0 Å². The number of allylic oxidation sites excluding steroid dienone is 2. The molecule has 3 nitrogen and oxygen atoms in total. The van der Waals surface area contributed by atoms with Gasteiger partial charge in [0.1, 0.15) is 0 Å². The Morgan fingerprint density at radius 1 is 1.05 bits per heavy atom. The Morgan fingerprint density at radius 2 is 1.68 bits per heavy atom. The maximum Gasteiger partial charge on any atom is 0.331 e. The molecule has 3 heteroatoms. The summed E-state index contributed by atoms with van der Waals surface area (Å²) in [6, 6.07) is 0. The molecule has 1 heterocycles. The monoisotopic (exact) mass is 266 g/mol. The van der Waals surface area contributed by atoms with Gasteiger partial charge in [0.2, 0.25) is 0 Å². The van der Waals surface area contributed by atoms with Crippen LogP contribution in [0.15, 0.2) is 24.3 Å². The molecule has 0 spiro atoms. The standard InChI is InChI=1S/C16H26O3/c1-14-10-6-4-2-3-5-7-11-15(17)12-8-9-13-16(18)19-14/h8-9,12-15,17H,2-7,10-11H2,1H3/b12-8+,13-9-/t14-,15+/m1/s1. The number of hydrogen-bond acceptors (Lipinski definition) is 3. The van der Waals surface area contributed by atoms with Gasteiger partial charge in [0.15, 0.2) is 0 Å². The number of cyclic esters (lactones) is 1. The molecule has 1 aliphatic heterocycles. The topological polar surface area (TPSA) is 46.5 Å². The van der Waals surface area contributed by atoms with E-state index in [1.54, 1.807) is 18.2 Å². The third kappa shape index (κ3) is 8.60. The van der Waals surface area contributed by atoms with Crippen LogP contribution < -0.4 is 0 Å². The number of carbonyl (C=O) groups is 1. The van der Waals surface area contributed by atoms with E-state index < -0.39 is 6.10 Å². The average molecular weight is 266 g/mol. The van der Waals surface area contributed by atoms with Gasteiger partial charge in [-0.2, -0.15) is 0 Å². The molecule has 0 unspecified atom stereocenters. The van der Waals surface area contributed by atoms with E-state index in [4.69, 9.17) is 4.74 Å². The lowest BCUT2D eigenvalue weighted by Crippen LogP contribution is -2.12. The van der Waals surface area contributed by atoms with Crippen LogP contribution in [0.5, 0.6) is 0 Å². The van der Waals surface area contributed by atoms with Crippen LogP contribution in [0.1, 0.15) is 58.3 Å². The first-order chi connectivity index (χ1) is 9.18. The maximum atomic E-state index is 11.5. The van der Waals surface area contributed by atoms with Crippen molar-refractivity contribution in [3.8, 4) is 0 Å². The SMILES string of the molecule is C[C@@H]1CCCCCCCC[C@H](O)/C=C/C=C\C(=O)O1. The Labute approximate surface area is 116 Å². The summed E-state index contributed by atoms with van der Waals surface area (Å²) in [4.78, 5) is 11.5. The summed E-state index contributed by atoms with van der Waals surface area (Å²) in [7, 11) is 0. The van der Waals surface area contributed by atoms with Gasteiger partial charge in [0.25, 0.3) is 0 Å². The lowest BCUT2D eigenvalue weighted by Gasteiger charge is -2.11. The molecule has 0 aromatic heterocycles. The van der Waals surface area contributed by atoms with E-state index in [0.717, 1.165) is 25.7 Å². The molecule has 0 fully saturated rings. The normalized spacial score (nSPS) is 31.4. The van der Waals surface area contributed by atoms with Gasteiger partial charge >= 0.3 is 5.97 Å². The molecule has 19 heavy (non-hydrogen) atoms. The summed E-state index contributed by atoms with van der Waals surface area (Å²) in [5.41, 5.74) is 0. The summed E-state index contributed by atoms with van der Waals surface area (Å²) in [5.74, 6) is -0.307. The van der Waals surface area contributed by atoms with Crippen LogP contribution in [0, 0.1) is 0 Å². The van der Waals surface area contributed by atoms with Gasteiger partial charge < -0.3 is 9.84 Å². The zero-order valence-corrected chi connectivity index (χ0v) is 11.9. The number of aliphatic hydroxyl groups is 1. The summed E-state index contributed by atoms with van der Waals surface area (Å²) in [6.45, 7) is 1.94. The summed E-state index contributed by atoms with van der Waals surface area (Å²) in [6.07, 6.45) is 14.8. The Hall–Kier alpha value is -1.09. The zero-order valence-electron chi connectivity index (χ0n) is 11.9. The molecule has 2 atom stereocenters. The summed E-state index contributed by atoms with van der Waals surface area (Å²) < 4.78 is 5.26. The van der Waals surface area contributed by atoms with Crippen LogP contribution in [0.25, 0.3) is 0 Å². The average Bonchev–Trinajstić information content (AvgIpc) is 2.36. The number of ether oxygens (including phenoxy) is 1. The van der Waals surface area contributed by atoms with Crippen LogP contribution in [-0.4, -0.2) is 23.3 Å². The van der Waals surface area contributed by atoms with Crippen molar-refractivity contribution >= 4 is 5.97 Å². The number of esters is 1. The molecule has 0 bridgehead atoms. The summed E-state index contributed by atoms with van der Waals surface area (Å²) >= 11 is 0. The van der Waals surface area contributed by atoms with Crippen LogP contribution in [0.4, 0.5) is 0 Å². The Kier molecular flexibility index (Phi) is 8.23. The van der Waals surface area contributed by atoms with Crippen LogP contribution in [0.2, 0.25) is 0 Å². The molecular formula is C16H26O3. The first kappa shape index (κ1) is 16.0. The third-order valence-corrected chi connectivity index (χ3v) is 3.35. The molecular weight excluding hydrogens is 240 g/mol. The fourth-order valence-electron chi connectivity index (χ4n) is 2.21. The Balaban J connectivity index is 2.47. The quantitative estimate of drug-likeness (QED) is 0.682. The molecule has 0 aromatic carbocycles. The molecule has 0 amide bonds. The minimum Gasteiger partial charge on any atom is -0.460 e. The van der Waals surface area contributed by atoms with Crippen molar-refractivity contribution in [2.45, 2.75) is 70.5 Å². The molecule has 1 rings (SSSR count). The van der Waals surface area contributed by atoms with Gasteiger partial charge in [0, 0.05) is 6.08 Å². The smallest absolute Gasteiger partial charge is 0.331 e. The highest BCUT2D eigenvalue weighted by atomic mass is 16.5. The van der Waals surface area contributed by atoms with E-state index in [1.807, 2.05) is 6.92 Å². The van der Waals surface area contributed by atoms with Crippen molar-refractivity contribution in [3.05, 3.63) is 24.3 Å². The van der Waals surface area contributed by atoms with E-state index in [0.29, 0.717) is 0 Å². The molecule has 0 saturated carbocycles. The fraction of sp³-hybridized carbons (Fsp3) is 0.688. The lowest BCUT2D eigenvalue weighted by atomic mass is 10.0.